The summed E-state index contributed by atoms with van der Waals surface area (Å²) in [6.45, 7) is 0. The highest BCUT2D eigenvalue weighted by Crippen LogP contribution is 2.31. The number of benzene rings is 3. The Morgan fingerprint density at radius 1 is 0.828 bits per heavy atom. The maximum absolute atomic E-state index is 13.8. The molecule has 0 aliphatic rings. The van der Waals surface area contributed by atoms with E-state index in [0.29, 0.717) is 5.69 Å². The lowest BCUT2D eigenvalue weighted by molar-refractivity contribution is 0.101. The van der Waals surface area contributed by atoms with Crippen LogP contribution in [0, 0.1) is 29.1 Å². The number of hydrogen-bond acceptors (Lipinski definition) is 3. The summed E-state index contributed by atoms with van der Waals surface area (Å²) in [5.74, 6) is -12.6. The second-order valence-corrected chi connectivity index (χ2v) is 6.82. The van der Waals surface area contributed by atoms with Crippen LogP contribution >= 0.6 is 11.3 Å². The van der Waals surface area contributed by atoms with Crippen LogP contribution in [0.3, 0.4) is 0 Å². The highest BCUT2D eigenvalue weighted by atomic mass is 32.1. The van der Waals surface area contributed by atoms with Crippen LogP contribution in [0.2, 0.25) is 0 Å². The van der Waals surface area contributed by atoms with Crippen molar-refractivity contribution in [3.8, 4) is 11.3 Å². The van der Waals surface area contributed by atoms with Gasteiger partial charge in [0.1, 0.15) is 5.56 Å². The zero-order valence-corrected chi connectivity index (χ0v) is 15.1. The number of amides is 1. The number of fused-ring (bicyclic) bond motifs is 1. The maximum atomic E-state index is 13.8. The van der Waals surface area contributed by atoms with Crippen molar-refractivity contribution < 1.29 is 26.7 Å². The zero-order valence-electron chi connectivity index (χ0n) is 14.3. The van der Waals surface area contributed by atoms with Gasteiger partial charge in [-0.25, -0.2) is 26.9 Å². The first-order valence-electron chi connectivity index (χ1n) is 8.15. The van der Waals surface area contributed by atoms with Crippen molar-refractivity contribution >= 4 is 33.1 Å². The van der Waals surface area contributed by atoms with Gasteiger partial charge in [0, 0.05) is 10.9 Å². The van der Waals surface area contributed by atoms with E-state index in [1.54, 1.807) is 5.38 Å². The van der Waals surface area contributed by atoms with E-state index in [1.165, 1.54) is 0 Å². The monoisotopic (exact) mass is 420 g/mol. The summed E-state index contributed by atoms with van der Waals surface area (Å²) in [6, 6.07) is 13.1. The molecule has 3 aromatic carbocycles. The summed E-state index contributed by atoms with van der Waals surface area (Å²) in [7, 11) is 0. The molecule has 1 N–H and O–H groups in total. The summed E-state index contributed by atoms with van der Waals surface area (Å²) in [6.07, 6.45) is 0. The van der Waals surface area contributed by atoms with Gasteiger partial charge >= 0.3 is 0 Å². The first-order valence-corrected chi connectivity index (χ1v) is 9.03. The van der Waals surface area contributed by atoms with Gasteiger partial charge in [0.05, 0.1) is 5.69 Å². The number of nitrogens with zero attached hydrogens (tertiary/aromatic N) is 1. The van der Waals surface area contributed by atoms with Gasteiger partial charge in [-0.05, 0) is 10.8 Å². The molecular formula is C20H9F5N2OS. The minimum absolute atomic E-state index is 0.0538. The van der Waals surface area contributed by atoms with Crippen LogP contribution in [-0.2, 0) is 0 Å². The van der Waals surface area contributed by atoms with Gasteiger partial charge < -0.3 is 0 Å². The van der Waals surface area contributed by atoms with Crippen molar-refractivity contribution in [1.82, 2.24) is 4.98 Å². The average Bonchev–Trinajstić information content (AvgIpc) is 3.18. The molecule has 0 fully saturated rings. The summed E-state index contributed by atoms with van der Waals surface area (Å²) >= 11 is 0.950. The molecule has 1 heterocycles. The van der Waals surface area contributed by atoms with Crippen molar-refractivity contribution in [2.45, 2.75) is 0 Å². The number of hydrogen-bond donors (Lipinski definition) is 1. The second kappa shape index (κ2) is 7.25. The van der Waals surface area contributed by atoms with E-state index < -0.39 is 40.6 Å². The molecule has 0 saturated heterocycles. The van der Waals surface area contributed by atoms with E-state index in [-0.39, 0.29) is 5.13 Å². The fourth-order valence-corrected chi connectivity index (χ4v) is 3.57. The predicted molar refractivity (Wildman–Crippen MR) is 99.2 cm³/mol. The maximum Gasteiger partial charge on any atom is 0.263 e. The molecule has 0 aliphatic heterocycles. The Morgan fingerprint density at radius 2 is 1.45 bits per heavy atom. The highest BCUT2D eigenvalue weighted by molar-refractivity contribution is 7.14. The number of rotatable bonds is 3. The number of nitrogens with one attached hydrogen (secondary N) is 1. The molecule has 0 aliphatic carbocycles. The lowest BCUT2D eigenvalue weighted by Gasteiger charge is -2.07. The van der Waals surface area contributed by atoms with E-state index in [2.05, 4.69) is 10.3 Å². The molecule has 146 valence electrons. The Bertz CT molecular complexity index is 1240. The van der Waals surface area contributed by atoms with Gasteiger partial charge in [0.15, 0.2) is 28.4 Å². The number of anilines is 1. The van der Waals surface area contributed by atoms with Gasteiger partial charge in [-0.15, -0.1) is 11.3 Å². The molecular weight excluding hydrogens is 411 g/mol. The molecule has 1 aromatic heterocycles. The zero-order chi connectivity index (χ0) is 20.7. The van der Waals surface area contributed by atoms with Gasteiger partial charge in [-0.1, -0.05) is 42.5 Å². The van der Waals surface area contributed by atoms with Crippen LogP contribution in [0.4, 0.5) is 27.1 Å². The van der Waals surface area contributed by atoms with E-state index >= 15 is 0 Å². The lowest BCUT2D eigenvalue weighted by atomic mass is 10.0. The average molecular weight is 420 g/mol. The minimum atomic E-state index is -2.33. The third kappa shape index (κ3) is 3.23. The fraction of sp³-hybridized carbons (Fsp3) is 0. The van der Waals surface area contributed by atoms with Crippen LogP contribution in [0.5, 0.6) is 0 Å². The normalized spacial score (nSPS) is 11.1. The standard InChI is InChI=1S/C20H9F5N2OS/c21-14-13(15(22)17(24)18(25)16(14)23)19(28)27-20-26-12(8-29-20)11-7-3-5-9-4-1-2-6-10(9)11/h1-8H,(H,26,27,28). The Balaban J connectivity index is 1.68. The van der Waals surface area contributed by atoms with Crippen LogP contribution in [-0.4, -0.2) is 10.9 Å². The van der Waals surface area contributed by atoms with Crippen molar-refractivity contribution in [3.63, 3.8) is 0 Å². The first-order chi connectivity index (χ1) is 13.9. The molecule has 0 unspecified atom stereocenters. The quantitative estimate of drug-likeness (QED) is 0.254. The Morgan fingerprint density at radius 3 is 2.17 bits per heavy atom. The molecule has 1 amide bonds. The minimum Gasteiger partial charge on any atom is -0.298 e. The molecule has 0 radical (unpaired) electrons. The van der Waals surface area contributed by atoms with E-state index in [0.717, 1.165) is 27.7 Å². The fourth-order valence-electron chi connectivity index (χ4n) is 2.87. The van der Waals surface area contributed by atoms with E-state index in [4.69, 9.17) is 0 Å². The molecule has 0 bridgehead atoms. The number of carbonyl (C=O) groups excluding carboxylic acids is 1. The number of aromatic nitrogens is 1. The van der Waals surface area contributed by atoms with Gasteiger partial charge in [0.2, 0.25) is 5.82 Å². The van der Waals surface area contributed by atoms with Crippen LogP contribution in [0.25, 0.3) is 22.0 Å². The molecule has 0 atom stereocenters. The van der Waals surface area contributed by atoms with Crippen LogP contribution in [0.15, 0.2) is 47.8 Å². The van der Waals surface area contributed by atoms with Gasteiger partial charge in [-0.2, -0.15) is 0 Å². The van der Waals surface area contributed by atoms with Crippen molar-refractivity contribution in [2.24, 2.45) is 0 Å². The number of halogens is 5. The third-order valence-electron chi connectivity index (χ3n) is 4.23. The molecule has 4 aromatic rings. The third-order valence-corrected chi connectivity index (χ3v) is 4.98. The summed E-state index contributed by atoms with van der Waals surface area (Å²) < 4.78 is 67.4. The number of carbonyl (C=O) groups is 1. The predicted octanol–water partition coefficient (Wildman–Crippen LogP) is 5.91. The second-order valence-electron chi connectivity index (χ2n) is 5.96. The summed E-state index contributed by atoms with van der Waals surface area (Å²) in [5.41, 5.74) is -0.320. The van der Waals surface area contributed by atoms with Crippen LogP contribution in [0.1, 0.15) is 10.4 Å². The molecule has 29 heavy (non-hydrogen) atoms. The van der Waals surface area contributed by atoms with E-state index in [1.807, 2.05) is 42.5 Å². The Hall–Kier alpha value is -3.33. The summed E-state index contributed by atoms with van der Waals surface area (Å²) in [4.78, 5) is 16.3. The molecule has 9 heteroatoms. The largest absolute Gasteiger partial charge is 0.298 e. The Kier molecular flexibility index (Phi) is 4.75. The number of thiazole rings is 1. The molecule has 0 saturated carbocycles. The smallest absolute Gasteiger partial charge is 0.263 e. The van der Waals surface area contributed by atoms with Crippen molar-refractivity contribution in [3.05, 3.63) is 82.5 Å². The molecule has 0 spiro atoms. The summed E-state index contributed by atoms with van der Waals surface area (Å²) in [5, 5.41) is 5.50. The van der Waals surface area contributed by atoms with Gasteiger partial charge in [0.25, 0.3) is 5.91 Å². The van der Waals surface area contributed by atoms with E-state index in [9.17, 15) is 26.7 Å². The molecule has 3 nitrogen and oxygen atoms in total. The Labute approximate surface area is 164 Å². The van der Waals surface area contributed by atoms with Gasteiger partial charge in [-0.3, -0.25) is 10.1 Å². The first kappa shape index (κ1) is 19.0. The SMILES string of the molecule is O=C(Nc1nc(-c2cccc3ccccc23)cs1)c1c(F)c(F)c(F)c(F)c1F. The topological polar surface area (TPSA) is 42.0 Å². The van der Waals surface area contributed by atoms with Crippen LogP contribution < -0.4 is 5.32 Å². The molecule has 4 rings (SSSR count). The van der Waals surface area contributed by atoms with Crippen molar-refractivity contribution in [2.75, 3.05) is 5.32 Å². The van der Waals surface area contributed by atoms with Crippen molar-refractivity contribution in [1.29, 1.82) is 0 Å². The lowest BCUT2D eigenvalue weighted by Crippen LogP contribution is -2.19. The highest BCUT2D eigenvalue weighted by Gasteiger charge is 2.30.